The van der Waals surface area contributed by atoms with Gasteiger partial charge in [-0.15, -0.1) is 0 Å². The molecule has 0 spiro atoms. The molecule has 1 aliphatic carbocycles. The monoisotopic (exact) mass is 191 g/mol. The molecule has 1 heterocycles. The predicted octanol–water partition coefficient (Wildman–Crippen LogP) is 1.34. The van der Waals surface area contributed by atoms with E-state index in [0.717, 1.165) is 18.7 Å². The van der Waals surface area contributed by atoms with Crippen LogP contribution in [-0.2, 0) is 12.8 Å². The highest BCUT2D eigenvalue weighted by molar-refractivity contribution is 5.32. The summed E-state index contributed by atoms with van der Waals surface area (Å²) in [5.74, 6) is 1.25. The number of rotatable bonds is 2. The standard InChI is InChI=1S/C11H17N3/c1-7(6-12)11-9-4-3-5-10(9)13-8(2)14-11/h7H,3-6,12H2,1-2H3. The Hall–Kier alpha value is -0.960. The number of fused-ring (bicyclic) bond motifs is 1. The van der Waals surface area contributed by atoms with E-state index in [9.17, 15) is 0 Å². The van der Waals surface area contributed by atoms with E-state index in [2.05, 4.69) is 16.9 Å². The molecule has 0 saturated carbocycles. The number of hydrogen-bond donors (Lipinski definition) is 1. The Morgan fingerprint density at radius 3 is 2.86 bits per heavy atom. The van der Waals surface area contributed by atoms with Crippen molar-refractivity contribution in [3.63, 3.8) is 0 Å². The van der Waals surface area contributed by atoms with Gasteiger partial charge in [0, 0.05) is 18.2 Å². The predicted molar refractivity (Wildman–Crippen MR) is 56.3 cm³/mol. The summed E-state index contributed by atoms with van der Waals surface area (Å²) in [7, 11) is 0. The highest BCUT2D eigenvalue weighted by Crippen LogP contribution is 2.26. The molecule has 0 bridgehead atoms. The van der Waals surface area contributed by atoms with E-state index in [4.69, 9.17) is 5.73 Å². The van der Waals surface area contributed by atoms with Crippen molar-refractivity contribution in [2.75, 3.05) is 6.54 Å². The summed E-state index contributed by atoms with van der Waals surface area (Å²) in [6, 6.07) is 0. The minimum absolute atomic E-state index is 0.364. The third kappa shape index (κ3) is 1.52. The fourth-order valence-corrected chi connectivity index (χ4v) is 2.11. The molecule has 3 nitrogen and oxygen atoms in total. The first-order valence-electron chi connectivity index (χ1n) is 5.28. The molecule has 14 heavy (non-hydrogen) atoms. The first-order chi connectivity index (χ1) is 6.72. The summed E-state index contributed by atoms with van der Waals surface area (Å²) in [4.78, 5) is 9.00. The van der Waals surface area contributed by atoms with Crippen LogP contribution in [0.4, 0.5) is 0 Å². The topological polar surface area (TPSA) is 51.8 Å². The van der Waals surface area contributed by atoms with Crippen LogP contribution in [0.3, 0.4) is 0 Å². The number of nitrogens with two attached hydrogens (primary N) is 1. The minimum Gasteiger partial charge on any atom is -0.330 e. The van der Waals surface area contributed by atoms with Crippen LogP contribution in [0, 0.1) is 6.92 Å². The van der Waals surface area contributed by atoms with Crippen molar-refractivity contribution in [3.8, 4) is 0 Å². The molecule has 0 radical (unpaired) electrons. The molecule has 2 N–H and O–H groups in total. The molecule has 0 aromatic carbocycles. The summed E-state index contributed by atoms with van der Waals surface area (Å²) >= 11 is 0. The molecule has 0 amide bonds. The van der Waals surface area contributed by atoms with Crippen LogP contribution < -0.4 is 5.73 Å². The fourth-order valence-electron chi connectivity index (χ4n) is 2.11. The van der Waals surface area contributed by atoms with Gasteiger partial charge in [-0.05, 0) is 31.7 Å². The molecule has 76 valence electrons. The summed E-state index contributed by atoms with van der Waals surface area (Å²) in [6.07, 6.45) is 3.47. The Morgan fingerprint density at radius 2 is 2.14 bits per heavy atom. The van der Waals surface area contributed by atoms with E-state index in [1.165, 1.54) is 23.4 Å². The van der Waals surface area contributed by atoms with E-state index in [-0.39, 0.29) is 0 Å². The van der Waals surface area contributed by atoms with Gasteiger partial charge in [-0.2, -0.15) is 0 Å². The molecule has 1 unspecified atom stereocenters. The Kier molecular flexibility index (Phi) is 2.50. The van der Waals surface area contributed by atoms with Crippen molar-refractivity contribution in [3.05, 3.63) is 22.8 Å². The quantitative estimate of drug-likeness (QED) is 0.767. The lowest BCUT2D eigenvalue weighted by atomic mass is 10.0. The molecule has 1 atom stereocenters. The summed E-state index contributed by atoms with van der Waals surface area (Å²) in [5.41, 5.74) is 9.50. The molecule has 0 fully saturated rings. The number of aromatic nitrogens is 2. The normalized spacial score (nSPS) is 16.8. The SMILES string of the molecule is Cc1nc2c(c(C(C)CN)n1)CCC2. The van der Waals surface area contributed by atoms with Crippen molar-refractivity contribution in [2.24, 2.45) is 5.73 Å². The van der Waals surface area contributed by atoms with Crippen molar-refractivity contribution in [1.29, 1.82) is 0 Å². The maximum Gasteiger partial charge on any atom is 0.125 e. The van der Waals surface area contributed by atoms with Gasteiger partial charge in [0.15, 0.2) is 0 Å². The van der Waals surface area contributed by atoms with Gasteiger partial charge in [-0.1, -0.05) is 6.92 Å². The summed E-state index contributed by atoms with van der Waals surface area (Å²) in [6.45, 7) is 4.77. The molecule has 1 aromatic heterocycles. The number of hydrogen-bond acceptors (Lipinski definition) is 3. The van der Waals surface area contributed by atoms with Gasteiger partial charge in [0.1, 0.15) is 5.82 Å². The smallest absolute Gasteiger partial charge is 0.125 e. The second-order valence-corrected chi connectivity index (χ2v) is 4.07. The largest absolute Gasteiger partial charge is 0.330 e. The molecule has 0 aliphatic heterocycles. The fraction of sp³-hybridized carbons (Fsp3) is 0.636. The highest BCUT2D eigenvalue weighted by Gasteiger charge is 2.20. The molecule has 1 aromatic rings. The average molecular weight is 191 g/mol. The molecular formula is C11H17N3. The van der Waals surface area contributed by atoms with E-state index < -0.39 is 0 Å². The molecule has 1 aliphatic rings. The van der Waals surface area contributed by atoms with Crippen LogP contribution in [0.15, 0.2) is 0 Å². The van der Waals surface area contributed by atoms with Gasteiger partial charge in [-0.3, -0.25) is 0 Å². The number of aryl methyl sites for hydroxylation is 2. The van der Waals surface area contributed by atoms with Crippen LogP contribution in [0.2, 0.25) is 0 Å². The molecule has 3 heteroatoms. The first-order valence-corrected chi connectivity index (χ1v) is 5.28. The van der Waals surface area contributed by atoms with E-state index in [1.54, 1.807) is 0 Å². The van der Waals surface area contributed by atoms with Crippen molar-refractivity contribution in [1.82, 2.24) is 9.97 Å². The second kappa shape index (κ2) is 3.65. The first kappa shape index (κ1) is 9.59. The van der Waals surface area contributed by atoms with Gasteiger partial charge in [-0.25, -0.2) is 9.97 Å². The zero-order chi connectivity index (χ0) is 10.1. The van der Waals surface area contributed by atoms with E-state index in [0.29, 0.717) is 12.5 Å². The third-order valence-corrected chi connectivity index (χ3v) is 2.90. The Morgan fingerprint density at radius 1 is 1.36 bits per heavy atom. The average Bonchev–Trinajstić information content (AvgIpc) is 2.62. The lowest BCUT2D eigenvalue weighted by molar-refractivity contribution is 0.719. The molecule has 2 rings (SSSR count). The van der Waals surface area contributed by atoms with Crippen molar-refractivity contribution >= 4 is 0 Å². The van der Waals surface area contributed by atoms with Crippen LogP contribution in [0.25, 0.3) is 0 Å². The highest BCUT2D eigenvalue weighted by atomic mass is 14.9. The minimum atomic E-state index is 0.364. The van der Waals surface area contributed by atoms with Gasteiger partial charge in [0.2, 0.25) is 0 Å². The van der Waals surface area contributed by atoms with Gasteiger partial charge in [0.05, 0.1) is 5.69 Å². The maximum atomic E-state index is 5.69. The molecular weight excluding hydrogens is 174 g/mol. The van der Waals surface area contributed by atoms with E-state index >= 15 is 0 Å². The third-order valence-electron chi connectivity index (χ3n) is 2.90. The van der Waals surface area contributed by atoms with Gasteiger partial charge >= 0.3 is 0 Å². The van der Waals surface area contributed by atoms with E-state index in [1.807, 2.05) is 6.92 Å². The summed E-state index contributed by atoms with van der Waals surface area (Å²) in [5, 5.41) is 0. The molecule has 0 saturated heterocycles. The van der Waals surface area contributed by atoms with Crippen LogP contribution in [0.1, 0.15) is 42.0 Å². The number of nitrogens with zero attached hydrogens (tertiary/aromatic N) is 2. The maximum absolute atomic E-state index is 5.69. The lowest BCUT2D eigenvalue weighted by Crippen LogP contribution is -2.14. The Balaban J connectivity index is 2.48. The lowest BCUT2D eigenvalue weighted by Gasteiger charge is -2.13. The Labute approximate surface area is 84.8 Å². The van der Waals surface area contributed by atoms with Crippen molar-refractivity contribution < 1.29 is 0 Å². The Bertz CT molecular complexity index is 347. The zero-order valence-corrected chi connectivity index (χ0v) is 8.88. The van der Waals surface area contributed by atoms with Crippen molar-refractivity contribution in [2.45, 2.75) is 39.0 Å². The van der Waals surface area contributed by atoms with Crippen LogP contribution >= 0.6 is 0 Å². The van der Waals surface area contributed by atoms with Crippen LogP contribution in [-0.4, -0.2) is 16.5 Å². The summed E-state index contributed by atoms with van der Waals surface area (Å²) < 4.78 is 0. The van der Waals surface area contributed by atoms with Crippen LogP contribution in [0.5, 0.6) is 0 Å². The zero-order valence-electron chi connectivity index (χ0n) is 8.88. The second-order valence-electron chi connectivity index (χ2n) is 4.07. The van der Waals surface area contributed by atoms with Gasteiger partial charge in [0.25, 0.3) is 0 Å². The van der Waals surface area contributed by atoms with Gasteiger partial charge < -0.3 is 5.73 Å².